The predicted molar refractivity (Wildman–Crippen MR) is 78.8 cm³/mol. The van der Waals surface area contributed by atoms with Crippen molar-refractivity contribution in [3.8, 4) is 0 Å². The summed E-state index contributed by atoms with van der Waals surface area (Å²) in [4.78, 5) is 11.4. The van der Waals surface area contributed by atoms with Gasteiger partial charge in [-0.3, -0.25) is 4.79 Å². The second-order valence-corrected chi connectivity index (χ2v) is 6.12. The maximum absolute atomic E-state index is 11.4. The summed E-state index contributed by atoms with van der Waals surface area (Å²) < 4.78 is 1.08. The molecule has 0 bridgehead atoms. The fourth-order valence-corrected chi connectivity index (χ4v) is 3.03. The fraction of sp³-hybridized carbons (Fsp3) is 0.533. The van der Waals surface area contributed by atoms with E-state index in [1.807, 2.05) is 12.1 Å². The van der Waals surface area contributed by atoms with Crippen LogP contribution in [0.2, 0.25) is 0 Å². The van der Waals surface area contributed by atoms with E-state index in [4.69, 9.17) is 0 Å². The molecule has 0 amide bonds. The van der Waals surface area contributed by atoms with Crippen LogP contribution in [-0.2, 0) is 4.79 Å². The molecule has 0 saturated heterocycles. The molecule has 1 atom stereocenters. The number of carbonyl (C=O) groups is 1. The van der Waals surface area contributed by atoms with Crippen molar-refractivity contribution in [3.63, 3.8) is 0 Å². The lowest BCUT2D eigenvalue weighted by molar-refractivity contribution is -0.117. The second-order valence-electron chi connectivity index (χ2n) is 5.21. The lowest BCUT2D eigenvalue weighted by atomic mass is 9.93. The predicted octanol–water partition coefficient (Wildman–Crippen LogP) is 4.40. The fourth-order valence-electron chi connectivity index (χ4n) is 2.77. The molecular weight excluding hydrogens is 290 g/mol. The smallest absolute Gasteiger partial charge is 0.131 e. The summed E-state index contributed by atoms with van der Waals surface area (Å²) in [6.45, 7) is 1.69. The average Bonchev–Trinajstić information content (AvgIpc) is 2.84. The molecule has 3 heteroatoms. The van der Waals surface area contributed by atoms with Crippen LogP contribution in [0.5, 0.6) is 0 Å². The van der Waals surface area contributed by atoms with E-state index < -0.39 is 0 Å². The van der Waals surface area contributed by atoms with Gasteiger partial charge in [-0.25, -0.2) is 0 Å². The topological polar surface area (TPSA) is 29.1 Å². The Morgan fingerprint density at radius 3 is 2.50 bits per heavy atom. The van der Waals surface area contributed by atoms with Crippen molar-refractivity contribution in [3.05, 3.63) is 28.7 Å². The lowest BCUT2D eigenvalue weighted by Crippen LogP contribution is -2.29. The number of nitrogens with one attached hydrogen (secondary N) is 1. The van der Waals surface area contributed by atoms with Gasteiger partial charge >= 0.3 is 0 Å². The highest BCUT2D eigenvalue weighted by molar-refractivity contribution is 9.10. The van der Waals surface area contributed by atoms with Gasteiger partial charge < -0.3 is 5.32 Å². The molecular formula is C15H20BrNO. The number of rotatable bonds is 5. The largest absolute Gasteiger partial charge is 0.382 e. The molecule has 0 aromatic heterocycles. The van der Waals surface area contributed by atoms with E-state index in [2.05, 4.69) is 33.4 Å². The maximum atomic E-state index is 11.4. The third-order valence-corrected chi connectivity index (χ3v) is 4.20. The lowest BCUT2D eigenvalue weighted by Gasteiger charge is -2.25. The minimum absolute atomic E-state index is 0.275. The van der Waals surface area contributed by atoms with Crippen molar-refractivity contribution >= 4 is 27.4 Å². The quantitative estimate of drug-likeness (QED) is 0.873. The molecule has 1 aromatic carbocycles. The number of benzene rings is 1. The summed E-state index contributed by atoms with van der Waals surface area (Å²) in [6, 6.07) is 8.48. The molecule has 1 N–H and O–H groups in total. The molecule has 0 heterocycles. The Morgan fingerprint density at radius 2 is 1.94 bits per heavy atom. The van der Waals surface area contributed by atoms with Crippen LogP contribution in [0.25, 0.3) is 0 Å². The number of ketones is 1. The van der Waals surface area contributed by atoms with Gasteiger partial charge in [0.2, 0.25) is 0 Å². The van der Waals surface area contributed by atoms with E-state index in [9.17, 15) is 4.79 Å². The average molecular weight is 310 g/mol. The molecule has 18 heavy (non-hydrogen) atoms. The summed E-state index contributed by atoms with van der Waals surface area (Å²) in [7, 11) is 0. The Bertz CT molecular complexity index is 395. The molecule has 1 aromatic rings. The molecule has 0 spiro atoms. The van der Waals surface area contributed by atoms with E-state index in [1.165, 1.54) is 25.7 Å². The highest BCUT2D eigenvalue weighted by atomic mass is 79.9. The van der Waals surface area contributed by atoms with Gasteiger partial charge in [-0.2, -0.15) is 0 Å². The minimum Gasteiger partial charge on any atom is -0.382 e. The minimum atomic E-state index is 0.275. The van der Waals surface area contributed by atoms with Crippen molar-refractivity contribution in [2.24, 2.45) is 5.92 Å². The molecule has 98 valence electrons. The first kappa shape index (κ1) is 13.6. The van der Waals surface area contributed by atoms with Gasteiger partial charge in [0.15, 0.2) is 0 Å². The summed E-state index contributed by atoms with van der Waals surface area (Å²) in [5.41, 5.74) is 1.11. The number of Topliss-reactive ketones (excluding diaryl/α,β-unsaturated/α-hetero) is 1. The highest BCUT2D eigenvalue weighted by Gasteiger charge is 2.25. The van der Waals surface area contributed by atoms with E-state index in [0.717, 1.165) is 10.2 Å². The Kier molecular flexibility index (Phi) is 4.81. The van der Waals surface area contributed by atoms with Crippen LogP contribution in [0, 0.1) is 5.92 Å². The normalized spacial score (nSPS) is 17.7. The zero-order valence-corrected chi connectivity index (χ0v) is 12.4. The van der Waals surface area contributed by atoms with Crippen molar-refractivity contribution in [2.45, 2.75) is 45.1 Å². The highest BCUT2D eigenvalue weighted by Crippen LogP contribution is 2.31. The van der Waals surface area contributed by atoms with Gasteiger partial charge in [-0.05, 0) is 49.9 Å². The standard InChI is InChI=1S/C15H20BrNO/c1-11(18)10-15(12-4-2-3-5-12)17-14-8-6-13(16)7-9-14/h6-9,12,15,17H,2-5,10H2,1H3/t15-/m0/s1. The van der Waals surface area contributed by atoms with Gasteiger partial charge in [0.25, 0.3) is 0 Å². The molecule has 2 nitrogen and oxygen atoms in total. The van der Waals surface area contributed by atoms with Crippen LogP contribution < -0.4 is 5.32 Å². The van der Waals surface area contributed by atoms with Gasteiger partial charge in [-0.1, -0.05) is 28.8 Å². The summed E-state index contributed by atoms with van der Waals surface area (Å²) in [6.07, 6.45) is 5.76. The van der Waals surface area contributed by atoms with Crippen molar-refractivity contribution < 1.29 is 4.79 Å². The zero-order valence-electron chi connectivity index (χ0n) is 10.8. The Balaban J connectivity index is 2.03. The molecule has 2 rings (SSSR count). The maximum Gasteiger partial charge on any atom is 0.131 e. The van der Waals surface area contributed by atoms with E-state index >= 15 is 0 Å². The van der Waals surface area contributed by atoms with Crippen LogP contribution in [0.4, 0.5) is 5.69 Å². The van der Waals surface area contributed by atoms with Crippen LogP contribution >= 0.6 is 15.9 Å². The van der Waals surface area contributed by atoms with Crippen LogP contribution in [0.15, 0.2) is 28.7 Å². The SMILES string of the molecule is CC(=O)C[C@H](Nc1ccc(Br)cc1)C1CCCC1. The monoisotopic (exact) mass is 309 g/mol. The number of carbonyl (C=O) groups excluding carboxylic acids is 1. The van der Waals surface area contributed by atoms with Crippen molar-refractivity contribution in [1.82, 2.24) is 0 Å². The van der Waals surface area contributed by atoms with E-state index in [-0.39, 0.29) is 5.78 Å². The van der Waals surface area contributed by atoms with E-state index in [1.54, 1.807) is 6.92 Å². The third kappa shape index (κ3) is 3.84. The Morgan fingerprint density at radius 1 is 1.33 bits per heavy atom. The van der Waals surface area contributed by atoms with Gasteiger partial charge in [-0.15, -0.1) is 0 Å². The second kappa shape index (κ2) is 6.37. The molecule has 0 aliphatic heterocycles. The molecule has 0 radical (unpaired) electrons. The molecule has 1 fully saturated rings. The molecule has 0 unspecified atom stereocenters. The van der Waals surface area contributed by atoms with Crippen LogP contribution in [0.1, 0.15) is 39.0 Å². The Hall–Kier alpha value is -0.830. The van der Waals surface area contributed by atoms with Crippen molar-refractivity contribution in [1.29, 1.82) is 0 Å². The summed E-state index contributed by atoms with van der Waals surface area (Å²) in [5.74, 6) is 0.925. The molecule has 1 aliphatic carbocycles. The van der Waals surface area contributed by atoms with Crippen molar-refractivity contribution in [2.75, 3.05) is 5.32 Å². The first-order chi connectivity index (χ1) is 8.65. The summed E-state index contributed by atoms with van der Waals surface area (Å²) >= 11 is 3.44. The Labute approximate surface area is 117 Å². The van der Waals surface area contributed by atoms with E-state index in [0.29, 0.717) is 18.4 Å². The number of halogens is 1. The van der Waals surface area contributed by atoms with Gasteiger partial charge in [0, 0.05) is 22.6 Å². The molecule has 1 saturated carbocycles. The summed E-state index contributed by atoms with van der Waals surface area (Å²) in [5, 5.41) is 3.54. The zero-order chi connectivity index (χ0) is 13.0. The number of hydrogen-bond acceptors (Lipinski definition) is 2. The third-order valence-electron chi connectivity index (χ3n) is 3.67. The number of anilines is 1. The van der Waals surface area contributed by atoms with Gasteiger partial charge in [0.05, 0.1) is 0 Å². The number of hydrogen-bond donors (Lipinski definition) is 1. The van der Waals surface area contributed by atoms with Crippen LogP contribution in [-0.4, -0.2) is 11.8 Å². The van der Waals surface area contributed by atoms with Gasteiger partial charge in [0.1, 0.15) is 5.78 Å². The first-order valence-electron chi connectivity index (χ1n) is 6.66. The van der Waals surface area contributed by atoms with Crippen LogP contribution in [0.3, 0.4) is 0 Å². The molecule has 1 aliphatic rings. The first-order valence-corrected chi connectivity index (χ1v) is 7.46.